The molecule has 2 heterocycles. The molecule has 2 aromatic heterocycles. The summed E-state index contributed by atoms with van der Waals surface area (Å²) >= 11 is 5.91. The lowest BCUT2D eigenvalue weighted by atomic mass is 10.2. The number of pyridine rings is 2. The van der Waals surface area contributed by atoms with Crippen LogP contribution < -0.4 is 16.6 Å². The normalized spacial score (nSPS) is 10.1. The van der Waals surface area contributed by atoms with Crippen LogP contribution in [0.4, 0.5) is 11.5 Å². The van der Waals surface area contributed by atoms with Crippen molar-refractivity contribution >= 4 is 29.0 Å². The number of nitrogens with zero attached hydrogens (tertiary/aromatic N) is 2. The minimum atomic E-state index is -0.311. The third-order valence-electron chi connectivity index (χ3n) is 2.53. The van der Waals surface area contributed by atoms with Gasteiger partial charge >= 0.3 is 0 Å². The smallest absolute Gasteiger partial charge is 0.257 e. The number of amides is 1. The van der Waals surface area contributed by atoms with Crippen LogP contribution in [0.2, 0.25) is 5.02 Å². The summed E-state index contributed by atoms with van der Waals surface area (Å²) in [4.78, 5) is 19.9. The molecule has 0 spiro atoms. The zero-order valence-corrected chi connectivity index (χ0v) is 10.9. The van der Waals surface area contributed by atoms with Crippen molar-refractivity contribution in [3.8, 4) is 0 Å². The number of nitrogens with two attached hydrogens (primary N) is 1. The zero-order valence-electron chi connectivity index (χ0n) is 10.1. The second-order valence-corrected chi connectivity index (χ2v) is 4.25. The van der Waals surface area contributed by atoms with Gasteiger partial charge in [-0.15, -0.1) is 0 Å². The summed E-state index contributed by atoms with van der Waals surface area (Å²) in [6, 6.07) is 3.30. The Kier molecular flexibility index (Phi) is 3.94. The van der Waals surface area contributed by atoms with Crippen LogP contribution in [0.5, 0.6) is 0 Å². The van der Waals surface area contributed by atoms with E-state index in [1.165, 1.54) is 12.3 Å². The van der Waals surface area contributed by atoms with Gasteiger partial charge < -0.3 is 10.7 Å². The number of carbonyl (C=O) groups excluding carboxylic acids is 1. The van der Waals surface area contributed by atoms with E-state index in [-0.39, 0.29) is 10.9 Å². The Balaban J connectivity index is 2.21. The van der Waals surface area contributed by atoms with Gasteiger partial charge in [0.2, 0.25) is 0 Å². The molecule has 4 N–H and O–H groups in total. The van der Waals surface area contributed by atoms with E-state index in [0.717, 1.165) is 5.56 Å². The van der Waals surface area contributed by atoms with Gasteiger partial charge in [-0.1, -0.05) is 11.6 Å². The number of aryl methyl sites for hydroxylation is 1. The van der Waals surface area contributed by atoms with Crippen LogP contribution in [0, 0.1) is 6.92 Å². The summed E-state index contributed by atoms with van der Waals surface area (Å²) in [5.74, 6) is 5.22. The molecule has 2 aromatic rings. The Labute approximate surface area is 115 Å². The maximum atomic E-state index is 12.0. The molecule has 0 aliphatic rings. The lowest BCUT2D eigenvalue weighted by Gasteiger charge is -2.08. The van der Waals surface area contributed by atoms with Gasteiger partial charge in [-0.2, -0.15) is 0 Å². The monoisotopic (exact) mass is 277 g/mol. The molecule has 0 radical (unpaired) electrons. The summed E-state index contributed by atoms with van der Waals surface area (Å²) in [6.07, 6.45) is 4.63. The van der Waals surface area contributed by atoms with Gasteiger partial charge in [0.05, 0.1) is 22.5 Å². The van der Waals surface area contributed by atoms with Crippen molar-refractivity contribution in [2.75, 3.05) is 10.7 Å². The molecule has 1 amide bonds. The molecule has 0 bridgehead atoms. The summed E-state index contributed by atoms with van der Waals surface area (Å²) < 4.78 is 0. The highest BCUT2D eigenvalue weighted by molar-refractivity contribution is 6.33. The fourth-order valence-corrected chi connectivity index (χ4v) is 1.68. The Hall–Kier alpha value is -2.18. The summed E-state index contributed by atoms with van der Waals surface area (Å²) in [5.41, 5.74) is 4.24. The quantitative estimate of drug-likeness (QED) is 0.589. The number of nitrogens with one attached hydrogen (secondary N) is 2. The number of rotatable bonds is 3. The van der Waals surface area contributed by atoms with Crippen LogP contribution in [0.25, 0.3) is 0 Å². The first-order chi connectivity index (χ1) is 9.11. The number of hydrazine groups is 1. The molecular formula is C12H12ClN5O. The first-order valence-corrected chi connectivity index (χ1v) is 5.83. The number of hydrogen-bond acceptors (Lipinski definition) is 5. The van der Waals surface area contributed by atoms with E-state index in [0.29, 0.717) is 17.1 Å². The molecule has 0 aliphatic heterocycles. The first-order valence-electron chi connectivity index (χ1n) is 5.46. The van der Waals surface area contributed by atoms with Crippen LogP contribution in [0.3, 0.4) is 0 Å². The highest BCUT2D eigenvalue weighted by Gasteiger charge is 2.10. The van der Waals surface area contributed by atoms with E-state index in [1.807, 2.05) is 13.0 Å². The van der Waals surface area contributed by atoms with Gasteiger partial charge in [0.15, 0.2) is 5.82 Å². The lowest BCUT2D eigenvalue weighted by molar-refractivity contribution is 0.102. The fraction of sp³-hybridized carbons (Fsp3) is 0.0833. The van der Waals surface area contributed by atoms with E-state index in [1.54, 1.807) is 12.4 Å². The van der Waals surface area contributed by atoms with Crippen molar-refractivity contribution in [2.45, 2.75) is 6.92 Å². The van der Waals surface area contributed by atoms with Crippen LogP contribution in [0.1, 0.15) is 15.9 Å². The summed E-state index contributed by atoms with van der Waals surface area (Å²) in [5, 5.41) is 3.02. The molecule has 6 nitrogen and oxygen atoms in total. The van der Waals surface area contributed by atoms with Crippen molar-refractivity contribution in [3.63, 3.8) is 0 Å². The molecule has 0 aliphatic carbocycles. The Morgan fingerprint density at radius 2 is 2.21 bits per heavy atom. The van der Waals surface area contributed by atoms with Crippen LogP contribution in [0.15, 0.2) is 30.7 Å². The van der Waals surface area contributed by atoms with E-state index in [2.05, 4.69) is 20.7 Å². The maximum Gasteiger partial charge on any atom is 0.257 e. The summed E-state index contributed by atoms with van der Waals surface area (Å²) in [7, 11) is 0. The Morgan fingerprint density at radius 1 is 1.42 bits per heavy atom. The molecule has 7 heteroatoms. The van der Waals surface area contributed by atoms with Gasteiger partial charge in [0.1, 0.15) is 0 Å². The van der Waals surface area contributed by atoms with Crippen molar-refractivity contribution in [1.29, 1.82) is 0 Å². The highest BCUT2D eigenvalue weighted by Crippen LogP contribution is 2.20. The average molecular weight is 278 g/mol. The molecule has 0 fully saturated rings. The molecule has 0 aromatic carbocycles. The molecular weight excluding hydrogens is 266 g/mol. The second kappa shape index (κ2) is 5.64. The second-order valence-electron chi connectivity index (χ2n) is 3.84. The van der Waals surface area contributed by atoms with Gasteiger partial charge in [-0.25, -0.2) is 10.8 Å². The molecule has 98 valence electrons. The highest BCUT2D eigenvalue weighted by atomic mass is 35.5. The molecule has 0 saturated heterocycles. The predicted molar refractivity (Wildman–Crippen MR) is 74.0 cm³/mol. The van der Waals surface area contributed by atoms with E-state index < -0.39 is 0 Å². The van der Waals surface area contributed by atoms with Crippen molar-refractivity contribution in [3.05, 3.63) is 46.9 Å². The number of nitrogen functional groups attached to an aromatic ring is 1. The third-order valence-corrected chi connectivity index (χ3v) is 2.82. The fourth-order valence-electron chi connectivity index (χ4n) is 1.46. The number of carbonyl (C=O) groups is 1. The molecule has 0 unspecified atom stereocenters. The van der Waals surface area contributed by atoms with Crippen LogP contribution >= 0.6 is 11.6 Å². The van der Waals surface area contributed by atoms with Gasteiger partial charge in [-0.3, -0.25) is 9.78 Å². The standard InChI is InChI=1S/C12H12ClN5O/c1-7-2-3-15-6-10(7)17-12(19)8-4-9(13)11(18-14)16-5-8/h2-6H,14H2,1H3,(H,16,18)(H,17,19). The number of anilines is 2. The zero-order chi connectivity index (χ0) is 13.8. The van der Waals surface area contributed by atoms with Gasteiger partial charge in [0, 0.05) is 12.4 Å². The SMILES string of the molecule is Cc1ccncc1NC(=O)c1cnc(NN)c(Cl)c1. The van der Waals surface area contributed by atoms with E-state index in [9.17, 15) is 4.79 Å². The van der Waals surface area contributed by atoms with E-state index in [4.69, 9.17) is 17.4 Å². The summed E-state index contributed by atoms with van der Waals surface area (Å²) in [6.45, 7) is 1.88. The van der Waals surface area contributed by atoms with Crippen molar-refractivity contribution in [1.82, 2.24) is 9.97 Å². The van der Waals surface area contributed by atoms with Crippen molar-refractivity contribution < 1.29 is 4.79 Å². The Morgan fingerprint density at radius 3 is 2.84 bits per heavy atom. The third kappa shape index (κ3) is 2.98. The molecule has 0 atom stereocenters. The largest absolute Gasteiger partial charge is 0.320 e. The molecule has 19 heavy (non-hydrogen) atoms. The topological polar surface area (TPSA) is 92.9 Å². The van der Waals surface area contributed by atoms with Crippen LogP contribution in [-0.2, 0) is 0 Å². The lowest BCUT2D eigenvalue weighted by Crippen LogP contribution is -2.15. The molecule has 0 saturated carbocycles. The minimum absolute atomic E-state index is 0.276. The number of halogens is 1. The maximum absolute atomic E-state index is 12.0. The molecule has 2 rings (SSSR count). The average Bonchev–Trinajstić information content (AvgIpc) is 2.41. The van der Waals surface area contributed by atoms with Crippen LogP contribution in [-0.4, -0.2) is 15.9 Å². The predicted octanol–water partition coefficient (Wildman–Crippen LogP) is 1.98. The van der Waals surface area contributed by atoms with Crippen molar-refractivity contribution in [2.24, 2.45) is 5.84 Å². The number of aromatic nitrogens is 2. The first kappa shape index (κ1) is 13.3. The number of hydrogen-bond donors (Lipinski definition) is 3. The Bertz CT molecular complexity index is 617. The van der Waals surface area contributed by atoms with E-state index >= 15 is 0 Å². The van der Waals surface area contributed by atoms with Gasteiger partial charge in [0.25, 0.3) is 5.91 Å². The van der Waals surface area contributed by atoms with Gasteiger partial charge in [-0.05, 0) is 24.6 Å². The minimum Gasteiger partial charge on any atom is -0.320 e.